The van der Waals surface area contributed by atoms with Crippen molar-refractivity contribution in [1.29, 1.82) is 0 Å². The van der Waals surface area contributed by atoms with Crippen LogP contribution >= 0.6 is 0 Å². The first-order valence-corrected chi connectivity index (χ1v) is 2.15. The van der Waals surface area contributed by atoms with Crippen LogP contribution in [0.4, 0.5) is 0 Å². The molecule has 8 heavy (non-hydrogen) atoms. The van der Waals surface area contributed by atoms with E-state index in [-0.39, 0.29) is 0 Å². The third-order valence-corrected chi connectivity index (χ3v) is 0.561. The molecule has 0 aliphatic heterocycles. The third-order valence-electron chi connectivity index (χ3n) is 0.561. The van der Waals surface area contributed by atoms with Crippen LogP contribution in [0.25, 0.3) is 0 Å². The van der Waals surface area contributed by atoms with E-state index in [2.05, 4.69) is 5.73 Å². The Hall–Kier alpha value is -1.12. The fraction of sp³-hybridized carbons (Fsp3) is 0.200. The summed E-state index contributed by atoms with van der Waals surface area (Å²) in [4.78, 5) is 20.1. The first-order chi connectivity index (χ1) is 3.68. The number of hydrogen-bond acceptors (Lipinski definition) is 2. The van der Waals surface area contributed by atoms with Gasteiger partial charge in [-0.3, -0.25) is 9.59 Å². The molecule has 0 fully saturated rings. The number of carbonyl (C=O) groups excluding carboxylic acids is 2. The summed E-state index contributed by atoms with van der Waals surface area (Å²) in [5.74, 6) is -1.57. The second-order valence-corrected chi connectivity index (χ2v) is 1.23. The smallest absolute Gasteiger partial charge is 0.289 e. The summed E-state index contributed by atoms with van der Waals surface area (Å²) in [5.41, 5.74) is 4.58. The zero-order chi connectivity index (χ0) is 6.57. The van der Waals surface area contributed by atoms with Gasteiger partial charge in [0, 0.05) is 0 Å². The summed E-state index contributed by atoms with van der Waals surface area (Å²) in [6, 6.07) is 0. The van der Waals surface area contributed by atoms with Crippen molar-refractivity contribution in [2.75, 3.05) is 0 Å². The molecule has 0 rings (SSSR count). The van der Waals surface area contributed by atoms with Crippen molar-refractivity contribution in [3.05, 3.63) is 12.2 Å². The largest absolute Gasteiger partial charge is 0.363 e. The molecule has 0 aliphatic rings. The highest BCUT2D eigenvalue weighted by atomic mass is 16.2. The highest BCUT2D eigenvalue weighted by Gasteiger charge is 2.00. The minimum atomic E-state index is -0.914. The van der Waals surface area contributed by atoms with Crippen LogP contribution < -0.4 is 5.73 Å². The molecule has 3 heteroatoms. The number of hydrogen-bond donors (Lipinski definition) is 1. The van der Waals surface area contributed by atoms with E-state index in [9.17, 15) is 9.59 Å². The first-order valence-electron chi connectivity index (χ1n) is 2.15. The molecule has 0 heterocycles. The van der Waals surface area contributed by atoms with Gasteiger partial charge in [-0.2, -0.15) is 0 Å². The maximum Gasteiger partial charge on any atom is 0.289 e. The monoisotopic (exact) mass is 113 g/mol. The van der Waals surface area contributed by atoms with E-state index < -0.39 is 11.7 Å². The van der Waals surface area contributed by atoms with Gasteiger partial charge in [0.05, 0.1) is 0 Å². The van der Waals surface area contributed by atoms with E-state index >= 15 is 0 Å². The molecule has 0 radical (unpaired) electrons. The SMILES string of the molecule is CC=CC(=O)C(N)=O. The highest BCUT2D eigenvalue weighted by molar-refractivity contribution is 6.40. The minimum Gasteiger partial charge on any atom is -0.363 e. The summed E-state index contributed by atoms with van der Waals surface area (Å²) in [6.07, 6.45) is 2.59. The molecule has 44 valence electrons. The van der Waals surface area contributed by atoms with Gasteiger partial charge in [0.25, 0.3) is 5.91 Å². The minimum absolute atomic E-state index is 0.660. The molecule has 0 spiro atoms. The number of carbonyl (C=O) groups is 2. The fourth-order valence-electron chi connectivity index (χ4n) is 0.234. The summed E-state index contributed by atoms with van der Waals surface area (Å²) in [7, 11) is 0. The van der Waals surface area contributed by atoms with Crippen LogP contribution in [0.2, 0.25) is 0 Å². The molecule has 1 amide bonds. The number of allylic oxidation sites excluding steroid dienone is 1. The number of rotatable bonds is 2. The second-order valence-electron chi connectivity index (χ2n) is 1.23. The van der Waals surface area contributed by atoms with Crippen molar-refractivity contribution in [3.8, 4) is 0 Å². The average Bonchev–Trinajstić information content (AvgIpc) is 1.67. The molecular formula is C5H7NO2. The van der Waals surface area contributed by atoms with Crippen molar-refractivity contribution in [1.82, 2.24) is 0 Å². The van der Waals surface area contributed by atoms with Crippen molar-refractivity contribution >= 4 is 11.7 Å². The maximum absolute atomic E-state index is 10.2. The average molecular weight is 113 g/mol. The fourth-order valence-corrected chi connectivity index (χ4v) is 0.234. The van der Waals surface area contributed by atoms with Crippen LogP contribution in [-0.4, -0.2) is 11.7 Å². The summed E-state index contributed by atoms with van der Waals surface area (Å²) in [6.45, 7) is 1.64. The lowest BCUT2D eigenvalue weighted by Crippen LogP contribution is -2.20. The Kier molecular flexibility index (Phi) is 2.54. The van der Waals surface area contributed by atoms with Crippen LogP contribution in [0.1, 0.15) is 6.92 Å². The van der Waals surface area contributed by atoms with Gasteiger partial charge in [0.1, 0.15) is 0 Å². The molecule has 0 aromatic heterocycles. The van der Waals surface area contributed by atoms with Crippen molar-refractivity contribution in [2.24, 2.45) is 5.73 Å². The molecule has 0 bridgehead atoms. The predicted octanol–water partition coefficient (Wildman–Crippen LogP) is -0.383. The van der Waals surface area contributed by atoms with E-state index in [1.54, 1.807) is 6.92 Å². The molecule has 0 aromatic rings. The van der Waals surface area contributed by atoms with E-state index in [1.807, 2.05) is 0 Å². The van der Waals surface area contributed by atoms with Crippen LogP contribution in [0.3, 0.4) is 0 Å². The van der Waals surface area contributed by atoms with Gasteiger partial charge in [-0.25, -0.2) is 0 Å². The third kappa shape index (κ3) is 2.12. The highest BCUT2D eigenvalue weighted by Crippen LogP contribution is 1.72. The molecule has 0 aliphatic carbocycles. The Morgan fingerprint density at radius 2 is 2.00 bits per heavy atom. The molecule has 0 unspecified atom stereocenters. The number of ketones is 1. The maximum atomic E-state index is 10.2. The topological polar surface area (TPSA) is 60.2 Å². The van der Waals surface area contributed by atoms with E-state index in [0.717, 1.165) is 6.08 Å². The Bertz CT molecular complexity index is 137. The zero-order valence-corrected chi connectivity index (χ0v) is 4.55. The van der Waals surface area contributed by atoms with Crippen LogP contribution in [-0.2, 0) is 9.59 Å². The molecule has 0 aromatic carbocycles. The van der Waals surface area contributed by atoms with Gasteiger partial charge >= 0.3 is 0 Å². The van der Waals surface area contributed by atoms with Crippen molar-refractivity contribution in [3.63, 3.8) is 0 Å². The van der Waals surface area contributed by atoms with Crippen LogP contribution in [0.15, 0.2) is 12.2 Å². The molecule has 3 nitrogen and oxygen atoms in total. The van der Waals surface area contributed by atoms with E-state index in [0.29, 0.717) is 0 Å². The first kappa shape index (κ1) is 6.88. The molecule has 0 saturated heterocycles. The lowest BCUT2D eigenvalue weighted by Gasteiger charge is -1.79. The lowest BCUT2D eigenvalue weighted by molar-refractivity contribution is -0.133. The van der Waals surface area contributed by atoms with E-state index in [4.69, 9.17) is 0 Å². The summed E-state index contributed by atoms with van der Waals surface area (Å²) < 4.78 is 0. The Balaban J connectivity index is 3.85. The quantitative estimate of drug-likeness (QED) is 0.392. The summed E-state index contributed by atoms with van der Waals surface area (Å²) in [5, 5.41) is 0. The molecular weight excluding hydrogens is 106 g/mol. The standard InChI is InChI=1S/C5H7NO2/c1-2-3-4(7)5(6)8/h2-3H,1H3,(H2,6,8). The van der Waals surface area contributed by atoms with Gasteiger partial charge in [-0.15, -0.1) is 0 Å². The number of amides is 1. The molecule has 0 atom stereocenters. The van der Waals surface area contributed by atoms with Crippen LogP contribution in [0.5, 0.6) is 0 Å². The normalized spacial score (nSPS) is 9.62. The zero-order valence-electron chi connectivity index (χ0n) is 4.55. The van der Waals surface area contributed by atoms with Gasteiger partial charge in [-0.1, -0.05) is 6.08 Å². The van der Waals surface area contributed by atoms with Gasteiger partial charge in [0.15, 0.2) is 0 Å². The number of nitrogens with two attached hydrogens (primary N) is 1. The van der Waals surface area contributed by atoms with Gasteiger partial charge in [0.2, 0.25) is 5.78 Å². The van der Waals surface area contributed by atoms with E-state index in [1.165, 1.54) is 6.08 Å². The van der Waals surface area contributed by atoms with Crippen LogP contribution in [0, 0.1) is 0 Å². The van der Waals surface area contributed by atoms with Gasteiger partial charge < -0.3 is 5.73 Å². The Morgan fingerprint density at radius 3 is 2.12 bits per heavy atom. The van der Waals surface area contributed by atoms with Crippen molar-refractivity contribution < 1.29 is 9.59 Å². The predicted molar refractivity (Wildman–Crippen MR) is 29.0 cm³/mol. The van der Waals surface area contributed by atoms with Crippen molar-refractivity contribution in [2.45, 2.75) is 6.92 Å². The van der Waals surface area contributed by atoms with Gasteiger partial charge in [-0.05, 0) is 13.0 Å². The molecule has 0 saturated carbocycles. The summed E-state index contributed by atoms with van der Waals surface area (Å²) >= 11 is 0. The lowest BCUT2D eigenvalue weighted by atomic mass is 10.3. The number of primary amides is 1. The Morgan fingerprint density at radius 1 is 1.50 bits per heavy atom. The Labute approximate surface area is 47.2 Å². The molecule has 2 N–H and O–H groups in total. The second kappa shape index (κ2) is 2.96.